The van der Waals surface area contributed by atoms with Crippen molar-refractivity contribution in [3.8, 4) is 0 Å². The summed E-state index contributed by atoms with van der Waals surface area (Å²) in [6.45, 7) is 4.82. The number of nitrogens with one attached hydrogen (secondary N) is 1. The van der Waals surface area contributed by atoms with Gasteiger partial charge in [-0.2, -0.15) is 0 Å². The molecule has 0 rings (SSSR count). The molecule has 0 saturated carbocycles. The molecule has 1 unspecified atom stereocenters. The minimum atomic E-state index is -0.549. The molecular formula is C9H20N2O3. The molecule has 0 aromatic heterocycles. The molecule has 0 fully saturated rings. The third-order valence-electron chi connectivity index (χ3n) is 2.33. The second-order valence-corrected chi connectivity index (χ2v) is 3.39. The highest BCUT2D eigenvalue weighted by Crippen LogP contribution is 2.18. The van der Waals surface area contributed by atoms with Crippen LogP contribution < -0.4 is 11.2 Å². The van der Waals surface area contributed by atoms with Crippen LogP contribution >= 0.6 is 0 Å². The van der Waals surface area contributed by atoms with E-state index in [1.54, 1.807) is 7.11 Å². The molecule has 0 bridgehead atoms. The van der Waals surface area contributed by atoms with Crippen molar-refractivity contribution >= 4 is 5.91 Å². The minimum absolute atomic E-state index is 0.182. The second-order valence-electron chi connectivity index (χ2n) is 3.39. The fourth-order valence-corrected chi connectivity index (χ4v) is 0.762. The fraction of sp³-hybridized carbons (Fsp3) is 0.889. The Balaban J connectivity index is 3.82. The van der Waals surface area contributed by atoms with E-state index in [1.807, 2.05) is 13.8 Å². The van der Waals surface area contributed by atoms with Gasteiger partial charge in [-0.25, -0.2) is 5.48 Å². The van der Waals surface area contributed by atoms with Crippen LogP contribution in [0.2, 0.25) is 0 Å². The topological polar surface area (TPSA) is 73.6 Å². The molecule has 84 valence electrons. The maximum Gasteiger partial charge on any atom is 0.250 e. The largest absolute Gasteiger partial charge is 0.382 e. The van der Waals surface area contributed by atoms with Gasteiger partial charge in [-0.15, -0.1) is 0 Å². The molecule has 0 saturated heterocycles. The number of carbonyl (C=O) groups is 1. The Morgan fingerprint density at radius 1 is 1.50 bits per heavy atom. The van der Waals surface area contributed by atoms with Crippen LogP contribution in [0.15, 0.2) is 0 Å². The zero-order valence-corrected chi connectivity index (χ0v) is 9.13. The monoisotopic (exact) mass is 204 g/mol. The Labute approximate surface area is 84.9 Å². The summed E-state index contributed by atoms with van der Waals surface area (Å²) in [6.07, 6.45) is 0.684. The van der Waals surface area contributed by atoms with Crippen molar-refractivity contribution in [1.82, 2.24) is 5.48 Å². The number of hydrogen-bond donors (Lipinski definition) is 2. The standard InChI is InChI=1S/C9H20N2O3/c1-4-9(2,7-10)8(12)11-14-6-5-13-3/h4-7,10H2,1-3H3,(H,11,12). The first-order valence-electron chi connectivity index (χ1n) is 4.72. The van der Waals surface area contributed by atoms with Crippen molar-refractivity contribution in [3.05, 3.63) is 0 Å². The van der Waals surface area contributed by atoms with Crippen LogP contribution in [-0.4, -0.2) is 32.8 Å². The fourth-order valence-electron chi connectivity index (χ4n) is 0.762. The van der Waals surface area contributed by atoms with Gasteiger partial charge < -0.3 is 10.5 Å². The van der Waals surface area contributed by atoms with E-state index in [9.17, 15) is 4.79 Å². The quantitative estimate of drug-likeness (QED) is 0.454. The zero-order valence-electron chi connectivity index (χ0n) is 9.13. The number of ether oxygens (including phenoxy) is 1. The van der Waals surface area contributed by atoms with Crippen molar-refractivity contribution in [1.29, 1.82) is 0 Å². The van der Waals surface area contributed by atoms with Gasteiger partial charge in [0.1, 0.15) is 0 Å². The Morgan fingerprint density at radius 2 is 2.14 bits per heavy atom. The van der Waals surface area contributed by atoms with Gasteiger partial charge in [-0.3, -0.25) is 9.63 Å². The van der Waals surface area contributed by atoms with Gasteiger partial charge in [-0.05, 0) is 13.3 Å². The minimum Gasteiger partial charge on any atom is -0.382 e. The Hall–Kier alpha value is -0.650. The van der Waals surface area contributed by atoms with Crippen LogP contribution in [0.1, 0.15) is 20.3 Å². The van der Waals surface area contributed by atoms with E-state index in [-0.39, 0.29) is 5.91 Å². The molecule has 0 aromatic rings. The van der Waals surface area contributed by atoms with Gasteiger partial charge in [0, 0.05) is 13.7 Å². The number of hydroxylamine groups is 1. The van der Waals surface area contributed by atoms with E-state index in [0.717, 1.165) is 0 Å². The number of methoxy groups -OCH3 is 1. The predicted molar refractivity (Wildman–Crippen MR) is 53.4 cm³/mol. The third-order valence-corrected chi connectivity index (χ3v) is 2.33. The molecule has 1 amide bonds. The molecule has 5 heteroatoms. The molecule has 0 aliphatic carbocycles. The summed E-state index contributed by atoms with van der Waals surface area (Å²) in [4.78, 5) is 16.4. The zero-order chi connectivity index (χ0) is 11.0. The molecule has 0 aromatic carbocycles. The SMILES string of the molecule is CCC(C)(CN)C(=O)NOCCOC. The summed E-state index contributed by atoms with van der Waals surface area (Å²) in [5, 5.41) is 0. The summed E-state index contributed by atoms with van der Waals surface area (Å²) in [6, 6.07) is 0. The first-order valence-corrected chi connectivity index (χ1v) is 4.72. The molecule has 0 radical (unpaired) electrons. The van der Waals surface area contributed by atoms with Crippen LogP contribution in [0.3, 0.4) is 0 Å². The molecule has 0 spiro atoms. The molecule has 3 N–H and O–H groups in total. The van der Waals surface area contributed by atoms with Gasteiger partial charge in [-0.1, -0.05) is 6.92 Å². The van der Waals surface area contributed by atoms with Crippen molar-refractivity contribution in [3.63, 3.8) is 0 Å². The normalized spacial score (nSPS) is 14.9. The smallest absolute Gasteiger partial charge is 0.250 e. The molecule has 0 heterocycles. The second kappa shape index (κ2) is 6.75. The van der Waals surface area contributed by atoms with Gasteiger partial charge in [0.15, 0.2) is 0 Å². The lowest BCUT2D eigenvalue weighted by Crippen LogP contribution is -2.43. The molecule has 0 aliphatic heterocycles. The van der Waals surface area contributed by atoms with Crippen molar-refractivity contribution in [2.24, 2.45) is 11.1 Å². The van der Waals surface area contributed by atoms with Crippen LogP contribution in [0, 0.1) is 5.41 Å². The number of amides is 1. The Bertz CT molecular complexity index is 169. The maximum absolute atomic E-state index is 11.5. The summed E-state index contributed by atoms with van der Waals surface area (Å²) >= 11 is 0. The predicted octanol–water partition coefficient (Wildman–Crippen LogP) is 0.0556. The number of hydrogen-bond acceptors (Lipinski definition) is 4. The van der Waals surface area contributed by atoms with Crippen LogP contribution in [-0.2, 0) is 14.4 Å². The summed E-state index contributed by atoms with van der Waals surface area (Å²) < 4.78 is 4.76. The average molecular weight is 204 g/mol. The molecule has 0 aliphatic rings. The average Bonchev–Trinajstić information content (AvgIpc) is 2.22. The van der Waals surface area contributed by atoms with E-state index in [0.29, 0.717) is 26.2 Å². The van der Waals surface area contributed by atoms with Gasteiger partial charge >= 0.3 is 0 Å². The lowest BCUT2D eigenvalue weighted by molar-refractivity contribution is -0.144. The summed E-state index contributed by atoms with van der Waals surface area (Å²) in [5.74, 6) is -0.182. The third kappa shape index (κ3) is 4.04. The number of rotatable bonds is 7. The molecular weight excluding hydrogens is 184 g/mol. The van der Waals surface area contributed by atoms with Gasteiger partial charge in [0.2, 0.25) is 0 Å². The van der Waals surface area contributed by atoms with E-state index in [1.165, 1.54) is 0 Å². The highest BCUT2D eigenvalue weighted by atomic mass is 16.7. The van der Waals surface area contributed by atoms with Crippen molar-refractivity contribution < 1.29 is 14.4 Å². The first-order chi connectivity index (χ1) is 6.60. The Morgan fingerprint density at radius 3 is 2.57 bits per heavy atom. The van der Waals surface area contributed by atoms with E-state index < -0.39 is 5.41 Å². The lowest BCUT2D eigenvalue weighted by Gasteiger charge is -2.24. The van der Waals surface area contributed by atoms with E-state index in [4.69, 9.17) is 15.3 Å². The Kier molecular flexibility index (Phi) is 6.44. The van der Waals surface area contributed by atoms with Crippen LogP contribution in [0.25, 0.3) is 0 Å². The molecule has 1 atom stereocenters. The maximum atomic E-state index is 11.5. The highest BCUT2D eigenvalue weighted by Gasteiger charge is 2.29. The van der Waals surface area contributed by atoms with E-state index >= 15 is 0 Å². The van der Waals surface area contributed by atoms with Crippen LogP contribution in [0.5, 0.6) is 0 Å². The van der Waals surface area contributed by atoms with Gasteiger partial charge in [0.25, 0.3) is 5.91 Å². The number of nitrogens with two attached hydrogens (primary N) is 1. The highest BCUT2D eigenvalue weighted by molar-refractivity contribution is 5.81. The van der Waals surface area contributed by atoms with Gasteiger partial charge in [0.05, 0.1) is 18.6 Å². The van der Waals surface area contributed by atoms with E-state index in [2.05, 4.69) is 5.48 Å². The summed E-state index contributed by atoms with van der Waals surface area (Å²) in [7, 11) is 1.57. The van der Waals surface area contributed by atoms with Crippen molar-refractivity contribution in [2.45, 2.75) is 20.3 Å². The number of carbonyl (C=O) groups excluding carboxylic acids is 1. The lowest BCUT2D eigenvalue weighted by atomic mass is 9.87. The first kappa shape index (κ1) is 13.4. The summed E-state index contributed by atoms with van der Waals surface area (Å²) in [5.41, 5.74) is 7.32. The molecule has 5 nitrogen and oxygen atoms in total. The molecule has 14 heavy (non-hydrogen) atoms. The van der Waals surface area contributed by atoms with Crippen molar-refractivity contribution in [2.75, 3.05) is 26.9 Å². The van der Waals surface area contributed by atoms with Crippen LogP contribution in [0.4, 0.5) is 0 Å².